The van der Waals surface area contributed by atoms with E-state index in [0.29, 0.717) is 11.4 Å². The highest BCUT2D eigenvalue weighted by atomic mass is 16.5. The zero-order valence-corrected chi connectivity index (χ0v) is 21.6. The number of hydrogen-bond acceptors (Lipinski definition) is 5. The average molecular weight is 476 g/mol. The molecule has 5 heteroatoms. The van der Waals surface area contributed by atoms with Gasteiger partial charge in [0.2, 0.25) is 0 Å². The summed E-state index contributed by atoms with van der Waals surface area (Å²) in [6.45, 7) is 4.42. The van der Waals surface area contributed by atoms with Crippen LogP contribution in [0.1, 0.15) is 113 Å². The fraction of sp³-hybridized carbons (Fsp3) is 0.600. The second-order valence-electron chi connectivity index (χ2n) is 10.1. The first kappa shape index (κ1) is 26.9. The summed E-state index contributed by atoms with van der Waals surface area (Å²) in [5.41, 5.74) is 2.35. The smallest absolute Gasteiger partial charge is 0.338 e. The zero-order valence-electron chi connectivity index (χ0n) is 21.6. The molecule has 0 radical (unpaired) electrons. The number of esters is 1. The Kier molecular flexibility index (Phi) is 10.7. The van der Waals surface area contributed by atoms with Gasteiger partial charge in [-0.25, -0.2) is 14.8 Å². The van der Waals surface area contributed by atoms with Crippen LogP contribution in [-0.4, -0.2) is 22.0 Å². The van der Waals surface area contributed by atoms with Crippen molar-refractivity contribution in [2.24, 2.45) is 5.41 Å². The van der Waals surface area contributed by atoms with E-state index in [4.69, 9.17) is 4.74 Å². The van der Waals surface area contributed by atoms with Gasteiger partial charge in [0.25, 0.3) is 0 Å². The molecule has 5 nitrogen and oxygen atoms in total. The molecule has 0 bridgehead atoms. The van der Waals surface area contributed by atoms with Gasteiger partial charge in [-0.3, -0.25) is 0 Å². The van der Waals surface area contributed by atoms with Crippen LogP contribution in [0, 0.1) is 16.7 Å². The minimum Gasteiger partial charge on any atom is -0.459 e. The van der Waals surface area contributed by atoms with Crippen LogP contribution >= 0.6 is 0 Å². The van der Waals surface area contributed by atoms with E-state index in [0.717, 1.165) is 62.5 Å². The van der Waals surface area contributed by atoms with Gasteiger partial charge in [-0.05, 0) is 62.6 Å². The number of nitriles is 1. The molecule has 1 saturated carbocycles. The normalized spacial score (nSPS) is 19.7. The fourth-order valence-electron chi connectivity index (χ4n) is 4.93. The Morgan fingerprint density at radius 1 is 0.971 bits per heavy atom. The van der Waals surface area contributed by atoms with Crippen LogP contribution < -0.4 is 0 Å². The molecule has 1 aromatic carbocycles. The van der Waals surface area contributed by atoms with Crippen LogP contribution in [0.2, 0.25) is 0 Å². The molecule has 1 aliphatic rings. The van der Waals surface area contributed by atoms with E-state index in [1.165, 1.54) is 38.5 Å². The SMILES string of the molecule is CCCCCCCC1(C#N)CCC(OC(=O)c2ccc(-c3ncc(CCCCC)cn3)cc2)CC1. The molecule has 0 spiro atoms. The third-order valence-corrected chi connectivity index (χ3v) is 7.31. The Morgan fingerprint density at radius 2 is 1.60 bits per heavy atom. The molecule has 0 aliphatic heterocycles. The molecule has 2 aromatic rings. The second kappa shape index (κ2) is 14.0. The van der Waals surface area contributed by atoms with E-state index in [1.807, 2.05) is 24.5 Å². The highest BCUT2D eigenvalue weighted by molar-refractivity contribution is 5.90. The highest BCUT2D eigenvalue weighted by Crippen LogP contribution is 2.41. The van der Waals surface area contributed by atoms with Crippen LogP contribution in [0.3, 0.4) is 0 Å². The first-order valence-electron chi connectivity index (χ1n) is 13.6. The molecule has 1 heterocycles. The van der Waals surface area contributed by atoms with Crippen molar-refractivity contribution < 1.29 is 9.53 Å². The molecular formula is C30H41N3O2. The number of carbonyl (C=O) groups excluding carboxylic acids is 1. The lowest BCUT2D eigenvalue weighted by molar-refractivity contribution is 0.0105. The van der Waals surface area contributed by atoms with Crippen molar-refractivity contribution in [1.82, 2.24) is 9.97 Å². The molecule has 0 saturated heterocycles. The summed E-state index contributed by atoms with van der Waals surface area (Å²) in [6, 6.07) is 9.93. The predicted octanol–water partition coefficient (Wildman–Crippen LogP) is 7.85. The Bertz CT molecular complexity index is 939. The van der Waals surface area contributed by atoms with Crippen LogP contribution in [0.25, 0.3) is 11.4 Å². The number of hydrogen-bond donors (Lipinski definition) is 0. The molecule has 188 valence electrons. The summed E-state index contributed by atoms with van der Waals surface area (Å²) in [4.78, 5) is 21.7. The van der Waals surface area contributed by atoms with E-state index in [-0.39, 0.29) is 17.5 Å². The summed E-state index contributed by atoms with van der Waals surface area (Å²) < 4.78 is 5.80. The van der Waals surface area contributed by atoms with Crippen LogP contribution in [0.5, 0.6) is 0 Å². The van der Waals surface area contributed by atoms with Gasteiger partial charge in [-0.2, -0.15) is 5.26 Å². The first-order chi connectivity index (χ1) is 17.1. The summed E-state index contributed by atoms with van der Waals surface area (Å²) >= 11 is 0. The van der Waals surface area contributed by atoms with Crippen molar-refractivity contribution >= 4 is 5.97 Å². The lowest BCUT2D eigenvalue weighted by Crippen LogP contribution is -2.31. The minimum atomic E-state index is -0.294. The number of rotatable bonds is 13. The highest BCUT2D eigenvalue weighted by Gasteiger charge is 2.36. The van der Waals surface area contributed by atoms with Crippen molar-refractivity contribution in [3.8, 4) is 17.5 Å². The first-order valence-corrected chi connectivity index (χ1v) is 13.6. The molecule has 3 rings (SSSR count). The van der Waals surface area contributed by atoms with E-state index in [2.05, 4.69) is 29.9 Å². The van der Waals surface area contributed by atoms with E-state index in [9.17, 15) is 10.1 Å². The summed E-state index contributed by atoms with van der Waals surface area (Å²) in [5, 5.41) is 9.81. The number of benzene rings is 1. The summed E-state index contributed by atoms with van der Waals surface area (Å²) in [5.74, 6) is 0.372. The Balaban J connectivity index is 1.47. The monoisotopic (exact) mass is 475 g/mol. The number of aromatic nitrogens is 2. The predicted molar refractivity (Wildman–Crippen MR) is 140 cm³/mol. The molecule has 0 amide bonds. The zero-order chi connectivity index (χ0) is 24.9. The van der Waals surface area contributed by atoms with Gasteiger partial charge in [-0.15, -0.1) is 0 Å². The molecule has 1 aliphatic carbocycles. The number of nitrogens with zero attached hydrogens (tertiary/aromatic N) is 3. The Morgan fingerprint density at radius 3 is 2.23 bits per heavy atom. The lowest BCUT2D eigenvalue weighted by atomic mass is 9.71. The molecular weight excluding hydrogens is 434 g/mol. The molecule has 0 atom stereocenters. The Hall–Kier alpha value is -2.74. The van der Waals surface area contributed by atoms with Gasteiger partial charge in [0.15, 0.2) is 5.82 Å². The van der Waals surface area contributed by atoms with Gasteiger partial charge >= 0.3 is 5.97 Å². The lowest BCUT2D eigenvalue weighted by Gasteiger charge is -2.34. The average Bonchev–Trinajstić information content (AvgIpc) is 2.90. The number of carbonyl (C=O) groups is 1. The number of unbranched alkanes of at least 4 members (excludes halogenated alkanes) is 6. The van der Waals surface area contributed by atoms with Gasteiger partial charge < -0.3 is 4.74 Å². The summed E-state index contributed by atoms with van der Waals surface area (Å²) in [6.07, 6.45) is 18.5. The maximum absolute atomic E-state index is 12.7. The van der Waals surface area contributed by atoms with Crippen LogP contribution in [-0.2, 0) is 11.2 Å². The van der Waals surface area contributed by atoms with Gasteiger partial charge in [0.05, 0.1) is 17.0 Å². The molecule has 0 N–H and O–H groups in total. The van der Waals surface area contributed by atoms with Gasteiger partial charge in [0.1, 0.15) is 6.10 Å². The molecule has 1 aromatic heterocycles. The fourth-order valence-corrected chi connectivity index (χ4v) is 4.93. The van der Waals surface area contributed by atoms with Gasteiger partial charge in [-0.1, -0.05) is 70.9 Å². The maximum atomic E-state index is 12.7. The quantitative estimate of drug-likeness (QED) is 0.218. The second-order valence-corrected chi connectivity index (χ2v) is 10.1. The molecule has 1 fully saturated rings. The summed E-state index contributed by atoms with van der Waals surface area (Å²) in [7, 11) is 0. The largest absolute Gasteiger partial charge is 0.459 e. The van der Waals surface area contributed by atoms with E-state index in [1.54, 1.807) is 12.1 Å². The molecule has 0 unspecified atom stereocenters. The topological polar surface area (TPSA) is 75.9 Å². The molecule has 35 heavy (non-hydrogen) atoms. The van der Waals surface area contributed by atoms with Crippen molar-refractivity contribution in [1.29, 1.82) is 5.26 Å². The van der Waals surface area contributed by atoms with E-state index < -0.39 is 0 Å². The third kappa shape index (κ3) is 8.16. The van der Waals surface area contributed by atoms with E-state index >= 15 is 0 Å². The van der Waals surface area contributed by atoms with Crippen molar-refractivity contribution in [3.05, 3.63) is 47.8 Å². The number of aryl methyl sites for hydroxylation is 1. The third-order valence-electron chi connectivity index (χ3n) is 7.31. The minimum absolute atomic E-state index is 0.104. The van der Waals surface area contributed by atoms with Crippen molar-refractivity contribution in [2.45, 2.75) is 110 Å². The maximum Gasteiger partial charge on any atom is 0.338 e. The number of ether oxygens (including phenoxy) is 1. The van der Waals surface area contributed by atoms with Crippen LogP contribution in [0.15, 0.2) is 36.7 Å². The standard InChI is InChI=1S/C30H41N3O2/c1-3-5-7-8-10-18-30(23-31)19-16-27(17-20-30)35-29(34)26-14-12-25(13-15-26)28-32-21-24(22-33-28)11-9-6-4-2/h12-15,21-22,27H,3-11,16-20H2,1-2H3. The van der Waals surface area contributed by atoms with Gasteiger partial charge in [0, 0.05) is 18.0 Å². The Labute approximate surface area is 211 Å². The van der Waals surface area contributed by atoms with Crippen LogP contribution in [0.4, 0.5) is 0 Å². The van der Waals surface area contributed by atoms with Crippen molar-refractivity contribution in [2.75, 3.05) is 0 Å². The van der Waals surface area contributed by atoms with Crippen molar-refractivity contribution in [3.63, 3.8) is 0 Å².